The summed E-state index contributed by atoms with van der Waals surface area (Å²) in [4.78, 5) is 4.20. The van der Waals surface area contributed by atoms with Crippen molar-refractivity contribution in [3.63, 3.8) is 0 Å². The van der Waals surface area contributed by atoms with Crippen LogP contribution in [-0.2, 0) is 0 Å². The molecule has 1 aromatic carbocycles. The molecule has 0 fully saturated rings. The fraction of sp³-hybridized carbons (Fsp3) is 0.125. The fourth-order valence-electron chi connectivity index (χ4n) is 2.03. The van der Waals surface area contributed by atoms with Gasteiger partial charge in [-0.2, -0.15) is 5.10 Å². The van der Waals surface area contributed by atoms with Gasteiger partial charge in [0, 0.05) is 29.2 Å². The molecule has 1 N–H and O–H groups in total. The number of benzene rings is 1. The van der Waals surface area contributed by atoms with E-state index in [4.69, 9.17) is 0 Å². The summed E-state index contributed by atoms with van der Waals surface area (Å²) in [7, 11) is 0. The van der Waals surface area contributed by atoms with E-state index in [2.05, 4.69) is 10.1 Å². The van der Waals surface area contributed by atoms with E-state index >= 15 is 0 Å². The minimum atomic E-state index is -0.708. The van der Waals surface area contributed by atoms with Crippen molar-refractivity contribution in [1.29, 1.82) is 0 Å². The van der Waals surface area contributed by atoms with E-state index in [1.165, 1.54) is 0 Å². The predicted octanol–water partition coefficient (Wildman–Crippen LogP) is 2.66. The van der Waals surface area contributed by atoms with Crippen LogP contribution < -0.4 is 0 Å². The molecule has 20 heavy (non-hydrogen) atoms. The van der Waals surface area contributed by atoms with Gasteiger partial charge in [0.15, 0.2) is 0 Å². The number of para-hydroxylation sites is 1. The maximum Gasteiger partial charge on any atom is 0.109 e. The number of pyridine rings is 1. The quantitative estimate of drug-likeness (QED) is 0.792. The molecule has 0 aliphatic carbocycles. The highest BCUT2D eigenvalue weighted by Gasteiger charge is 2.13. The molecule has 3 rings (SSSR count). The summed E-state index contributed by atoms with van der Waals surface area (Å²) in [6.45, 7) is 1.92. The molecule has 3 aromatic rings. The first kappa shape index (κ1) is 12.6. The van der Waals surface area contributed by atoms with Crippen molar-refractivity contribution in [3.05, 3.63) is 77.9 Å². The van der Waals surface area contributed by atoms with Crippen molar-refractivity contribution in [2.75, 3.05) is 0 Å². The average Bonchev–Trinajstić information content (AvgIpc) is 2.98. The Morgan fingerprint density at radius 3 is 2.50 bits per heavy atom. The van der Waals surface area contributed by atoms with Gasteiger partial charge in [-0.05, 0) is 25.1 Å². The summed E-state index contributed by atoms with van der Waals surface area (Å²) in [5, 5.41) is 14.6. The summed E-state index contributed by atoms with van der Waals surface area (Å²) in [6.07, 6.45) is 4.50. The molecule has 0 aliphatic heterocycles. The topological polar surface area (TPSA) is 50.9 Å². The van der Waals surface area contributed by atoms with Crippen molar-refractivity contribution < 1.29 is 5.11 Å². The molecule has 0 bridgehead atoms. The minimum absolute atomic E-state index is 0.708. The summed E-state index contributed by atoms with van der Waals surface area (Å²) < 4.78 is 1.75. The standard InChI is InChI=1S/C16H15N3O/c1-12-7-8-13(9-17-12)16(20)14-10-18-19(11-14)15-5-3-2-4-6-15/h2-11,16,20H,1H3. The number of hydrogen-bond donors (Lipinski definition) is 1. The van der Waals surface area contributed by atoms with Crippen LogP contribution in [0, 0.1) is 6.92 Å². The normalized spacial score (nSPS) is 12.3. The molecule has 0 spiro atoms. The molecule has 1 atom stereocenters. The summed E-state index contributed by atoms with van der Waals surface area (Å²) in [6, 6.07) is 13.6. The minimum Gasteiger partial charge on any atom is -0.383 e. The van der Waals surface area contributed by atoms with Crippen LogP contribution in [0.3, 0.4) is 0 Å². The van der Waals surface area contributed by atoms with Gasteiger partial charge in [0.2, 0.25) is 0 Å². The zero-order chi connectivity index (χ0) is 13.9. The summed E-state index contributed by atoms with van der Waals surface area (Å²) in [5.41, 5.74) is 3.41. The highest BCUT2D eigenvalue weighted by Crippen LogP contribution is 2.21. The molecule has 0 aliphatic rings. The molecule has 4 nitrogen and oxygen atoms in total. The van der Waals surface area contributed by atoms with E-state index in [1.54, 1.807) is 17.1 Å². The Bertz CT molecular complexity index is 689. The lowest BCUT2D eigenvalue weighted by molar-refractivity contribution is 0.220. The van der Waals surface area contributed by atoms with E-state index < -0.39 is 6.10 Å². The number of rotatable bonds is 3. The smallest absolute Gasteiger partial charge is 0.109 e. The zero-order valence-corrected chi connectivity index (χ0v) is 11.1. The largest absolute Gasteiger partial charge is 0.383 e. The molecule has 2 heterocycles. The highest BCUT2D eigenvalue weighted by molar-refractivity contribution is 5.33. The van der Waals surface area contributed by atoms with Crippen molar-refractivity contribution >= 4 is 0 Å². The number of aryl methyl sites for hydroxylation is 1. The summed E-state index contributed by atoms with van der Waals surface area (Å²) in [5.74, 6) is 0. The lowest BCUT2D eigenvalue weighted by atomic mass is 10.1. The maximum absolute atomic E-state index is 10.3. The first-order valence-corrected chi connectivity index (χ1v) is 6.44. The molecule has 0 saturated heterocycles. The van der Waals surface area contributed by atoms with Gasteiger partial charge in [-0.15, -0.1) is 0 Å². The molecule has 4 heteroatoms. The van der Waals surface area contributed by atoms with Crippen LogP contribution in [0.4, 0.5) is 0 Å². The van der Waals surface area contributed by atoms with Crippen LogP contribution in [-0.4, -0.2) is 19.9 Å². The molecule has 1 unspecified atom stereocenters. The summed E-state index contributed by atoms with van der Waals surface area (Å²) >= 11 is 0. The fourth-order valence-corrected chi connectivity index (χ4v) is 2.03. The van der Waals surface area contributed by atoms with E-state index in [9.17, 15) is 5.11 Å². The van der Waals surface area contributed by atoms with Crippen molar-refractivity contribution in [3.8, 4) is 5.69 Å². The van der Waals surface area contributed by atoms with E-state index in [0.29, 0.717) is 0 Å². The highest BCUT2D eigenvalue weighted by atomic mass is 16.3. The van der Waals surface area contributed by atoms with Crippen LogP contribution in [0.25, 0.3) is 5.69 Å². The van der Waals surface area contributed by atoms with Crippen LogP contribution >= 0.6 is 0 Å². The van der Waals surface area contributed by atoms with Gasteiger partial charge in [-0.25, -0.2) is 4.68 Å². The maximum atomic E-state index is 10.3. The van der Waals surface area contributed by atoms with Gasteiger partial charge < -0.3 is 5.11 Å². The third-order valence-corrected chi connectivity index (χ3v) is 3.19. The van der Waals surface area contributed by atoms with Gasteiger partial charge in [0.25, 0.3) is 0 Å². The Kier molecular flexibility index (Phi) is 3.31. The molecule has 0 saturated carbocycles. The zero-order valence-electron chi connectivity index (χ0n) is 11.1. The average molecular weight is 265 g/mol. The van der Waals surface area contributed by atoms with Gasteiger partial charge in [0.05, 0.1) is 11.9 Å². The van der Waals surface area contributed by atoms with Gasteiger partial charge in [0.1, 0.15) is 6.10 Å². The molecule has 0 radical (unpaired) electrons. The van der Waals surface area contributed by atoms with Crippen molar-refractivity contribution in [1.82, 2.24) is 14.8 Å². The lowest BCUT2D eigenvalue weighted by Gasteiger charge is -2.08. The molecular weight excluding hydrogens is 250 g/mol. The predicted molar refractivity (Wildman–Crippen MR) is 76.6 cm³/mol. The van der Waals surface area contributed by atoms with E-state index in [1.807, 2.05) is 55.6 Å². The number of hydrogen-bond acceptors (Lipinski definition) is 3. The Morgan fingerprint density at radius 1 is 1.00 bits per heavy atom. The van der Waals surface area contributed by atoms with Crippen LogP contribution in [0.5, 0.6) is 0 Å². The second kappa shape index (κ2) is 5.27. The second-order valence-electron chi connectivity index (χ2n) is 4.69. The number of aliphatic hydroxyl groups is 1. The first-order valence-electron chi connectivity index (χ1n) is 6.44. The number of aliphatic hydroxyl groups excluding tert-OH is 1. The van der Waals surface area contributed by atoms with Crippen molar-refractivity contribution in [2.24, 2.45) is 0 Å². The second-order valence-corrected chi connectivity index (χ2v) is 4.69. The van der Waals surface area contributed by atoms with Crippen molar-refractivity contribution in [2.45, 2.75) is 13.0 Å². The Labute approximate surface area is 117 Å². The molecule has 100 valence electrons. The number of aromatic nitrogens is 3. The van der Waals surface area contributed by atoms with Crippen LogP contribution in [0.2, 0.25) is 0 Å². The Morgan fingerprint density at radius 2 is 1.80 bits per heavy atom. The molecule has 0 amide bonds. The Hall–Kier alpha value is -2.46. The van der Waals surface area contributed by atoms with Gasteiger partial charge in [-0.1, -0.05) is 24.3 Å². The van der Waals surface area contributed by atoms with Crippen LogP contribution in [0.1, 0.15) is 22.9 Å². The number of nitrogens with zero attached hydrogens (tertiary/aromatic N) is 3. The SMILES string of the molecule is Cc1ccc(C(O)c2cnn(-c3ccccc3)c2)cn1. The van der Waals surface area contributed by atoms with E-state index in [0.717, 1.165) is 22.5 Å². The molecular formula is C16H15N3O. The third-order valence-electron chi connectivity index (χ3n) is 3.19. The Balaban J connectivity index is 1.88. The lowest BCUT2D eigenvalue weighted by Crippen LogP contribution is -1.99. The monoisotopic (exact) mass is 265 g/mol. The third kappa shape index (κ3) is 2.46. The van der Waals surface area contributed by atoms with Gasteiger partial charge >= 0.3 is 0 Å². The molecule has 2 aromatic heterocycles. The van der Waals surface area contributed by atoms with Gasteiger partial charge in [-0.3, -0.25) is 4.98 Å². The van der Waals surface area contributed by atoms with Crippen LogP contribution in [0.15, 0.2) is 61.1 Å². The first-order chi connectivity index (χ1) is 9.74. The van der Waals surface area contributed by atoms with E-state index in [-0.39, 0.29) is 0 Å².